The van der Waals surface area contributed by atoms with Crippen LogP contribution in [0.25, 0.3) is 0 Å². The van der Waals surface area contributed by atoms with Gasteiger partial charge in [-0.05, 0) is 30.2 Å². The van der Waals surface area contributed by atoms with E-state index in [4.69, 9.17) is 17.0 Å². The maximum atomic E-state index is 10.0. The average Bonchev–Trinajstić information content (AvgIpc) is 2.96. The van der Waals surface area contributed by atoms with Gasteiger partial charge in [0.05, 0.1) is 12.3 Å². The number of rotatable bonds is 4. The van der Waals surface area contributed by atoms with Gasteiger partial charge in [0.25, 0.3) is 0 Å². The molecule has 1 aliphatic heterocycles. The lowest BCUT2D eigenvalue weighted by molar-refractivity contribution is 0.443. The molecule has 1 heterocycles. The predicted octanol–water partition coefficient (Wildman–Crippen LogP) is 4.31. The molecule has 0 saturated carbocycles. The van der Waals surface area contributed by atoms with Crippen LogP contribution in [-0.4, -0.2) is 28.2 Å². The number of hydrogen-bond acceptors (Lipinski definition) is 3. The van der Waals surface area contributed by atoms with Gasteiger partial charge >= 0.3 is 0 Å². The van der Waals surface area contributed by atoms with Crippen molar-refractivity contribution in [1.82, 2.24) is 5.01 Å². The van der Waals surface area contributed by atoms with Crippen molar-refractivity contribution < 1.29 is 5.11 Å². The second-order valence-corrected chi connectivity index (χ2v) is 6.43. The van der Waals surface area contributed by atoms with Crippen molar-refractivity contribution in [2.75, 3.05) is 6.54 Å². The summed E-state index contributed by atoms with van der Waals surface area (Å²) in [5, 5.41) is 25.4. The van der Waals surface area contributed by atoms with Gasteiger partial charge in [-0.3, -0.25) is 10.4 Å². The van der Waals surface area contributed by atoms with Crippen LogP contribution in [0.1, 0.15) is 24.5 Å². The minimum absolute atomic E-state index is 0.166. The number of benzene rings is 2. The molecule has 124 valence electrons. The van der Waals surface area contributed by atoms with Gasteiger partial charge in [0.1, 0.15) is 11.6 Å². The first kappa shape index (κ1) is 16.5. The molecule has 2 N–H and O–H groups in total. The Labute approximate surface area is 146 Å². The van der Waals surface area contributed by atoms with Gasteiger partial charge in [0.15, 0.2) is 0 Å². The first-order chi connectivity index (χ1) is 11.6. The lowest BCUT2D eigenvalue weighted by Gasteiger charge is -2.15. The Morgan fingerprint density at radius 1 is 1.25 bits per heavy atom. The molecule has 0 spiro atoms. The number of phenolic OH excluding ortho intramolecular Hbond substituents is 1. The van der Waals surface area contributed by atoms with E-state index < -0.39 is 0 Å². The third-order valence-corrected chi connectivity index (χ3v) is 4.59. The van der Waals surface area contributed by atoms with Crippen molar-refractivity contribution in [3.8, 4) is 5.75 Å². The Balaban J connectivity index is 1.70. The molecule has 2 aromatic rings. The minimum atomic E-state index is 0.166. The third-order valence-electron chi connectivity index (χ3n) is 4.22. The van der Waals surface area contributed by atoms with Crippen LogP contribution in [0, 0.1) is 11.3 Å². The van der Waals surface area contributed by atoms with Gasteiger partial charge < -0.3 is 5.11 Å². The zero-order chi connectivity index (χ0) is 17.1. The Kier molecular flexibility index (Phi) is 4.86. The lowest BCUT2D eigenvalue weighted by Crippen LogP contribution is -2.25. The Bertz CT molecular complexity index is 788. The van der Waals surface area contributed by atoms with E-state index in [2.05, 4.69) is 12.0 Å². The summed E-state index contributed by atoms with van der Waals surface area (Å²) in [6.07, 6.45) is 1.29. The smallest absolute Gasteiger partial charge is 0.124 e. The Hall–Kier alpha value is -2.33. The van der Waals surface area contributed by atoms with Crippen molar-refractivity contribution in [2.24, 2.45) is 11.0 Å². The van der Waals surface area contributed by atoms with Crippen molar-refractivity contribution in [2.45, 2.75) is 19.8 Å². The van der Waals surface area contributed by atoms with Crippen molar-refractivity contribution >= 4 is 23.1 Å². The van der Waals surface area contributed by atoms with Crippen LogP contribution in [0.3, 0.4) is 0 Å². The Morgan fingerprint density at radius 2 is 1.96 bits per heavy atom. The average molecular weight is 342 g/mol. The summed E-state index contributed by atoms with van der Waals surface area (Å²) >= 11 is 6.17. The number of nitrogens with one attached hydrogen (secondary N) is 1. The van der Waals surface area contributed by atoms with E-state index in [0.717, 1.165) is 21.9 Å². The topological polar surface area (TPSA) is 59.7 Å². The fraction of sp³-hybridized carbons (Fsp3) is 0.263. The number of para-hydroxylation sites is 1. The molecule has 0 fully saturated rings. The number of aromatic hydroxyl groups is 1. The molecule has 0 radical (unpaired) electrons. The van der Waals surface area contributed by atoms with Crippen LogP contribution in [-0.2, 0) is 6.42 Å². The molecule has 1 atom stereocenters. The van der Waals surface area contributed by atoms with Gasteiger partial charge in [0, 0.05) is 22.9 Å². The number of halogens is 1. The van der Waals surface area contributed by atoms with E-state index in [0.29, 0.717) is 25.2 Å². The van der Waals surface area contributed by atoms with E-state index >= 15 is 0 Å². The molecule has 4 nitrogen and oxygen atoms in total. The van der Waals surface area contributed by atoms with E-state index in [1.807, 2.05) is 36.4 Å². The van der Waals surface area contributed by atoms with E-state index in [-0.39, 0.29) is 11.7 Å². The number of amidine groups is 1. The number of phenols is 1. The number of nitrogens with zero attached hydrogens (tertiary/aromatic N) is 2. The highest BCUT2D eigenvalue weighted by molar-refractivity contribution is 6.31. The first-order valence-electron chi connectivity index (χ1n) is 8.01. The monoisotopic (exact) mass is 341 g/mol. The summed E-state index contributed by atoms with van der Waals surface area (Å²) in [5.74, 6) is 0.860. The van der Waals surface area contributed by atoms with Crippen molar-refractivity contribution in [1.29, 1.82) is 5.41 Å². The third kappa shape index (κ3) is 3.44. The maximum absolute atomic E-state index is 10.0. The largest absolute Gasteiger partial charge is 0.507 e. The normalized spacial score (nSPS) is 17.0. The first-order valence-corrected chi connectivity index (χ1v) is 8.39. The quantitative estimate of drug-likeness (QED) is 0.643. The molecule has 24 heavy (non-hydrogen) atoms. The summed E-state index contributed by atoms with van der Waals surface area (Å²) < 4.78 is 0. The van der Waals surface area contributed by atoms with Crippen LogP contribution >= 0.6 is 11.6 Å². The molecule has 0 aromatic heterocycles. The molecular weight excluding hydrogens is 322 g/mol. The van der Waals surface area contributed by atoms with Crippen LogP contribution in [0.5, 0.6) is 5.75 Å². The number of hydrogen-bond donors (Lipinski definition) is 2. The standard InChI is InChI=1S/C19H20ClN3O/c1-13-12-23(22-19(13)15-7-3-5-9-17(15)24)18(21)11-10-14-6-2-4-8-16(14)20/h2-9,13,21,24H,10-12H2,1H3. The number of hydrazone groups is 1. The fourth-order valence-electron chi connectivity index (χ4n) is 2.88. The van der Waals surface area contributed by atoms with Crippen LogP contribution in [0.4, 0.5) is 0 Å². The summed E-state index contributed by atoms with van der Waals surface area (Å²) in [4.78, 5) is 0. The molecule has 1 unspecified atom stereocenters. The van der Waals surface area contributed by atoms with Crippen molar-refractivity contribution in [3.05, 3.63) is 64.7 Å². The predicted molar refractivity (Wildman–Crippen MR) is 98.0 cm³/mol. The van der Waals surface area contributed by atoms with Gasteiger partial charge in [-0.15, -0.1) is 0 Å². The molecular formula is C19H20ClN3O. The highest BCUT2D eigenvalue weighted by Gasteiger charge is 2.27. The SMILES string of the molecule is CC1CN(C(=N)CCc2ccccc2Cl)N=C1c1ccccc1O. The molecule has 0 amide bonds. The molecule has 3 rings (SSSR count). The summed E-state index contributed by atoms with van der Waals surface area (Å²) in [5.41, 5.74) is 2.61. The molecule has 0 aliphatic carbocycles. The van der Waals surface area contributed by atoms with E-state index in [1.54, 1.807) is 17.1 Å². The second-order valence-electron chi connectivity index (χ2n) is 6.02. The lowest BCUT2D eigenvalue weighted by atomic mass is 9.98. The van der Waals surface area contributed by atoms with Gasteiger partial charge in [0.2, 0.25) is 0 Å². The molecule has 5 heteroatoms. The minimum Gasteiger partial charge on any atom is -0.507 e. The summed E-state index contributed by atoms with van der Waals surface area (Å²) in [6, 6.07) is 14.9. The van der Waals surface area contributed by atoms with Gasteiger partial charge in [-0.2, -0.15) is 5.10 Å². The summed E-state index contributed by atoms with van der Waals surface area (Å²) in [7, 11) is 0. The van der Waals surface area contributed by atoms with Crippen LogP contribution in [0.15, 0.2) is 53.6 Å². The summed E-state index contributed by atoms with van der Waals surface area (Å²) in [6.45, 7) is 2.72. The molecule has 0 bridgehead atoms. The zero-order valence-electron chi connectivity index (χ0n) is 13.5. The van der Waals surface area contributed by atoms with Crippen molar-refractivity contribution in [3.63, 3.8) is 0 Å². The van der Waals surface area contributed by atoms with Crippen LogP contribution in [0.2, 0.25) is 5.02 Å². The number of aryl methyl sites for hydroxylation is 1. The molecule has 1 aliphatic rings. The van der Waals surface area contributed by atoms with E-state index in [1.165, 1.54) is 0 Å². The van der Waals surface area contributed by atoms with Gasteiger partial charge in [-0.25, -0.2) is 0 Å². The molecule has 0 saturated heterocycles. The fourth-order valence-corrected chi connectivity index (χ4v) is 3.11. The van der Waals surface area contributed by atoms with Gasteiger partial charge in [-0.1, -0.05) is 48.9 Å². The van der Waals surface area contributed by atoms with Crippen LogP contribution < -0.4 is 0 Å². The van der Waals surface area contributed by atoms with E-state index in [9.17, 15) is 5.11 Å². The zero-order valence-corrected chi connectivity index (χ0v) is 14.3. The highest BCUT2D eigenvalue weighted by Crippen LogP contribution is 2.26. The molecule has 2 aromatic carbocycles. The highest BCUT2D eigenvalue weighted by atomic mass is 35.5. The Morgan fingerprint density at radius 3 is 2.71 bits per heavy atom. The maximum Gasteiger partial charge on any atom is 0.124 e. The second kappa shape index (κ2) is 7.05.